The third-order valence-electron chi connectivity index (χ3n) is 7.36. The fourth-order valence-electron chi connectivity index (χ4n) is 5.62. The second-order valence-electron chi connectivity index (χ2n) is 9.61. The summed E-state index contributed by atoms with van der Waals surface area (Å²) >= 11 is 6.78. The topological polar surface area (TPSA) is 26.3 Å². The number of hydrogen-bond acceptors (Lipinski definition) is 2. The minimum Gasteiger partial charge on any atom is -0.462 e. The molecule has 2 saturated carbocycles. The second kappa shape index (κ2) is 13.1. The Morgan fingerprint density at radius 3 is 2.29 bits per heavy atom. The first-order valence-electron chi connectivity index (χ1n) is 12.4. The molecule has 2 rings (SSSR count). The van der Waals surface area contributed by atoms with Gasteiger partial charge in [0.15, 0.2) is 0 Å². The SMILES string of the molecule is CCCCCC(Cl)C1CCC(CCC)C(C(=O)OC2CCC(CCC)CC2)C1. The van der Waals surface area contributed by atoms with Gasteiger partial charge in [-0.2, -0.15) is 0 Å². The van der Waals surface area contributed by atoms with E-state index in [9.17, 15) is 4.79 Å². The first-order valence-corrected chi connectivity index (χ1v) is 12.9. The fourth-order valence-corrected chi connectivity index (χ4v) is 6.01. The Bertz CT molecular complexity index is 430. The molecule has 2 fully saturated rings. The number of unbranched alkanes of at least 4 members (excludes halogenated alkanes) is 2. The highest BCUT2D eigenvalue weighted by molar-refractivity contribution is 6.20. The van der Waals surface area contributed by atoms with E-state index < -0.39 is 0 Å². The monoisotopic (exact) mass is 412 g/mol. The van der Waals surface area contributed by atoms with E-state index in [0.29, 0.717) is 11.8 Å². The summed E-state index contributed by atoms with van der Waals surface area (Å²) in [6.07, 6.45) is 17.8. The van der Waals surface area contributed by atoms with Crippen molar-refractivity contribution < 1.29 is 9.53 Å². The average Bonchev–Trinajstić information content (AvgIpc) is 2.70. The van der Waals surface area contributed by atoms with E-state index in [1.54, 1.807) is 0 Å². The van der Waals surface area contributed by atoms with Gasteiger partial charge in [0.1, 0.15) is 6.10 Å². The molecule has 0 N–H and O–H groups in total. The van der Waals surface area contributed by atoms with Crippen LogP contribution in [0.1, 0.15) is 117 Å². The van der Waals surface area contributed by atoms with Crippen LogP contribution in [0.4, 0.5) is 0 Å². The normalized spacial score (nSPS) is 32.1. The number of halogens is 1. The van der Waals surface area contributed by atoms with Crippen molar-refractivity contribution in [2.24, 2.45) is 23.7 Å². The van der Waals surface area contributed by atoms with Crippen molar-refractivity contribution in [1.29, 1.82) is 0 Å². The lowest BCUT2D eigenvalue weighted by atomic mass is 9.71. The number of hydrogen-bond donors (Lipinski definition) is 0. The Labute approximate surface area is 179 Å². The smallest absolute Gasteiger partial charge is 0.309 e. The summed E-state index contributed by atoms with van der Waals surface area (Å²) in [7, 11) is 0. The Morgan fingerprint density at radius 2 is 1.64 bits per heavy atom. The molecule has 0 spiro atoms. The number of ether oxygens (including phenoxy) is 1. The molecular formula is C25H45ClO2. The number of rotatable bonds is 11. The van der Waals surface area contributed by atoms with Gasteiger partial charge in [-0.3, -0.25) is 4.79 Å². The molecule has 2 aliphatic carbocycles. The van der Waals surface area contributed by atoms with Crippen molar-refractivity contribution in [2.75, 3.05) is 0 Å². The van der Waals surface area contributed by atoms with Gasteiger partial charge in [-0.1, -0.05) is 59.3 Å². The van der Waals surface area contributed by atoms with Gasteiger partial charge in [0.05, 0.1) is 5.92 Å². The largest absolute Gasteiger partial charge is 0.462 e. The molecule has 0 aliphatic heterocycles. The Hall–Kier alpha value is -0.240. The average molecular weight is 413 g/mol. The van der Waals surface area contributed by atoms with E-state index in [1.165, 1.54) is 51.4 Å². The molecule has 0 aromatic rings. The van der Waals surface area contributed by atoms with Crippen LogP contribution in [0.15, 0.2) is 0 Å². The molecule has 0 radical (unpaired) electrons. The Morgan fingerprint density at radius 1 is 0.929 bits per heavy atom. The molecule has 0 amide bonds. The van der Waals surface area contributed by atoms with Crippen LogP contribution in [-0.4, -0.2) is 17.5 Å². The Balaban J connectivity index is 1.87. The number of carbonyl (C=O) groups is 1. The summed E-state index contributed by atoms with van der Waals surface area (Å²) in [5.41, 5.74) is 0. The van der Waals surface area contributed by atoms with Crippen LogP contribution in [0.25, 0.3) is 0 Å². The van der Waals surface area contributed by atoms with Crippen LogP contribution >= 0.6 is 11.6 Å². The Kier molecular flexibility index (Phi) is 11.3. The second-order valence-corrected chi connectivity index (χ2v) is 10.2. The van der Waals surface area contributed by atoms with E-state index in [4.69, 9.17) is 16.3 Å². The van der Waals surface area contributed by atoms with Crippen molar-refractivity contribution in [1.82, 2.24) is 0 Å². The van der Waals surface area contributed by atoms with Crippen molar-refractivity contribution >= 4 is 17.6 Å². The zero-order chi connectivity index (χ0) is 20.4. The maximum absolute atomic E-state index is 13.1. The highest BCUT2D eigenvalue weighted by atomic mass is 35.5. The summed E-state index contributed by atoms with van der Waals surface area (Å²) in [5, 5.41) is 0.230. The molecule has 0 saturated heterocycles. The van der Waals surface area contributed by atoms with E-state index in [1.807, 2.05) is 0 Å². The fraction of sp³-hybridized carbons (Fsp3) is 0.960. The van der Waals surface area contributed by atoms with Gasteiger partial charge in [-0.15, -0.1) is 11.6 Å². The predicted octanol–water partition coefficient (Wildman–Crippen LogP) is 7.91. The van der Waals surface area contributed by atoms with Gasteiger partial charge in [-0.25, -0.2) is 0 Å². The summed E-state index contributed by atoms with van der Waals surface area (Å²) in [6, 6.07) is 0. The molecule has 4 unspecified atom stereocenters. The first kappa shape index (κ1) is 24.0. The van der Waals surface area contributed by atoms with Gasteiger partial charge < -0.3 is 4.74 Å². The molecule has 28 heavy (non-hydrogen) atoms. The van der Waals surface area contributed by atoms with E-state index in [-0.39, 0.29) is 23.4 Å². The standard InChI is InChI=1S/C25H45ClO2/c1-4-7-8-11-24(26)21-15-14-20(10-6-3)23(18-21)25(27)28-22-16-12-19(9-5-2)13-17-22/h19-24H,4-18H2,1-3H3. The molecule has 0 heterocycles. The van der Waals surface area contributed by atoms with Crippen LogP contribution < -0.4 is 0 Å². The maximum atomic E-state index is 13.1. The molecule has 3 heteroatoms. The lowest BCUT2D eigenvalue weighted by Crippen LogP contribution is -2.37. The van der Waals surface area contributed by atoms with Crippen LogP contribution in [0, 0.1) is 23.7 Å². The molecular weight excluding hydrogens is 368 g/mol. The molecule has 0 aromatic heterocycles. The van der Waals surface area contributed by atoms with Crippen LogP contribution in [0.2, 0.25) is 0 Å². The number of carbonyl (C=O) groups excluding carboxylic acids is 1. The molecule has 0 aromatic carbocycles. The molecule has 2 aliphatic rings. The van der Waals surface area contributed by atoms with Gasteiger partial charge in [0.25, 0.3) is 0 Å². The van der Waals surface area contributed by atoms with E-state index >= 15 is 0 Å². The zero-order valence-electron chi connectivity index (χ0n) is 18.8. The first-order chi connectivity index (χ1) is 13.6. The van der Waals surface area contributed by atoms with Gasteiger partial charge in [0.2, 0.25) is 0 Å². The molecule has 2 nitrogen and oxygen atoms in total. The summed E-state index contributed by atoms with van der Waals surface area (Å²) < 4.78 is 6.08. The highest BCUT2D eigenvalue weighted by Gasteiger charge is 2.39. The highest BCUT2D eigenvalue weighted by Crippen LogP contribution is 2.41. The van der Waals surface area contributed by atoms with E-state index in [2.05, 4.69) is 20.8 Å². The lowest BCUT2D eigenvalue weighted by molar-refractivity contribution is -0.160. The quantitative estimate of drug-likeness (QED) is 0.196. The molecule has 0 bridgehead atoms. The van der Waals surface area contributed by atoms with Crippen molar-refractivity contribution in [3.63, 3.8) is 0 Å². The molecule has 4 atom stereocenters. The predicted molar refractivity (Wildman–Crippen MR) is 120 cm³/mol. The summed E-state index contributed by atoms with van der Waals surface area (Å²) in [5.74, 6) is 2.03. The van der Waals surface area contributed by atoms with Crippen molar-refractivity contribution in [3.05, 3.63) is 0 Å². The number of esters is 1. The lowest BCUT2D eigenvalue weighted by Gasteiger charge is -2.38. The van der Waals surface area contributed by atoms with Crippen LogP contribution in [0.5, 0.6) is 0 Å². The van der Waals surface area contributed by atoms with Crippen molar-refractivity contribution in [3.8, 4) is 0 Å². The minimum absolute atomic E-state index is 0.0829. The molecule has 164 valence electrons. The zero-order valence-corrected chi connectivity index (χ0v) is 19.5. The minimum atomic E-state index is 0.0829. The van der Waals surface area contributed by atoms with E-state index in [0.717, 1.165) is 50.9 Å². The third kappa shape index (κ3) is 7.54. The van der Waals surface area contributed by atoms with Gasteiger partial charge in [-0.05, 0) is 75.5 Å². The van der Waals surface area contributed by atoms with Gasteiger partial charge >= 0.3 is 5.97 Å². The van der Waals surface area contributed by atoms with Crippen LogP contribution in [0.3, 0.4) is 0 Å². The van der Waals surface area contributed by atoms with Gasteiger partial charge in [0, 0.05) is 5.38 Å². The van der Waals surface area contributed by atoms with Crippen molar-refractivity contribution in [2.45, 2.75) is 129 Å². The number of alkyl halides is 1. The summed E-state index contributed by atoms with van der Waals surface area (Å²) in [6.45, 7) is 6.74. The summed E-state index contributed by atoms with van der Waals surface area (Å²) in [4.78, 5) is 13.1. The third-order valence-corrected chi connectivity index (χ3v) is 7.94. The maximum Gasteiger partial charge on any atom is 0.309 e. The van der Waals surface area contributed by atoms with Crippen LogP contribution in [-0.2, 0) is 9.53 Å².